The van der Waals surface area contributed by atoms with Gasteiger partial charge in [0.05, 0.1) is 37.8 Å². The third-order valence-electron chi connectivity index (χ3n) is 10.0. The molecule has 7 heteroatoms. The molecule has 56 heavy (non-hydrogen) atoms. The van der Waals surface area contributed by atoms with Crippen molar-refractivity contribution in [2.75, 3.05) is 20.3 Å². The van der Waals surface area contributed by atoms with E-state index in [1.165, 1.54) is 21.9 Å². The van der Waals surface area contributed by atoms with Crippen molar-refractivity contribution in [3.05, 3.63) is 181 Å². The Hall–Kier alpha value is -6.38. The number of aromatic nitrogens is 4. The van der Waals surface area contributed by atoms with E-state index in [1.807, 2.05) is 24.3 Å². The number of nitrogens with zero attached hydrogens (tertiary/aromatic N) is 4. The SMILES string of the molecule is COCCOCc1cccc(-c2ccc3nc(-c4ccc5ccccc5c4)cn3c2)c1.Cc1ccc(-c2cn3cc(-c4cccc(CO)c4)ccc3n2)c(C)c1. The number of aliphatic hydroxyl groups excluding tert-OH is 1. The second kappa shape index (κ2) is 16.6. The molecule has 0 aliphatic carbocycles. The average molecular weight is 737 g/mol. The number of ether oxygens (including phenoxy) is 2. The van der Waals surface area contributed by atoms with Gasteiger partial charge in [-0.05, 0) is 106 Å². The first kappa shape index (κ1) is 36.6. The van der Waals surface area contributed by atoms with E-state index in [-0.39, 0.29) is 6.61 Å². The minimum atomic E-state index is 0.0536. The van der Waals surface area contributed by atoms with E-state index < -0.39 is 0 Å². The van der Waals surface area contributed by atoms with Gasteiger partial charge in [0.25, 0.3) is 0 Å². The Labute approximate surface area is 327 Å². The highest BCUT2D eigenvalue weighted by Crippen LogP contribution is 2.28. The predicted molar refractivity (Wildman–Crippen MR) is 227 cm³/mol. The molecule has 0 unspecified atom stereocenters. The molecule has 7 nitrogen and oxygen atoms in total. The zero-order chi connectivity index (χ0) is 38.4. The zero-order valence-electron chi connectivity index (χ0n) is 31.9. The lowest BCUT2D eigenvalue weighted by Gasteiger charge is -2.07. The number of aliphatic hydroxyl groups is 1. The van der Waals surface area contributed by atoms with E-state index in [2.05, 4.69) is 157 Å². The lowest BCUT2D eigenvalue weighted by atomic mass is 10.0. The molecule has 0 fully saturated rings. The van der Waals surface area contributed by atoms with Gasteiger partial charge >= 0.3 is 0 Å². The number of rotatable bonds is 10. The Morgan fingerprint density at radius 1 is 0.536 bits per heavy atom. The Morgan fingerprint density at radius 3 is 1.88 bits per heavy atom. The Balaban J connectivity index is 0.000000161. The molecule has 0 aliphatic heterocycles. The molecule has 278 valence electrons. The second-order valence-corrected chi connectivity index (χ2v) is 14.1. The standard InChI is InChI=1S/C27H24N2O2.C22H20N2O/c1-30-13-14-31-19-20-5-4-8-22(15-20)25-11-12-27-28-26(18-29(27)17-25)24-10-9-21-6-2-3-7-23(21)16-24;1-15-6-8-20(16(2)10-15)21-13-24-12-19(7-9-22(24)23-21)18-5-3-4-17(11-18)14-25/h2-12,15-18H,13-14,19H2,1H3;3-13,25H,14H2,1-2H3. The average Bonchev–Trinajstić information content (AvgIpc) is 3.87. The van der Waals surface area contributed by atoms with Gasteiger partial charge in [-0.15, -0.1) is 0 Å². The number of methoxy groups -OCH3 is 1. The van der Waals surface area contributed by atoms with Crippen LogP contribution in [-0.2, 0) is 22.7 Å². The predicted octanol–water partition coefficient (Wildman–Crippen LogP) is 10.8. The molecule has 1 N–H and O–H groups in total. The van der Waals surface area contributed by atoms with Gasteiger partial charge in [0.2, 0.25) is 0 Å². The van der Waals surface area contributed by atoms with Gasteiger partial charge in [-0.3, -0.25) is 0 Å². The monoisotopic (exact) mass is 736 g/mol. The van der Waals surface area contributed by atoms with Crippen molar-refractivity contribution < 1.29 is 14.6 Å². The molecule has 0 atom stereocenters. The van der Waals surface area contributed by atoms with E-state index in [0.717, 1.165) is 67.2 Å². The third-order valence-corrected chi connectivity index (χ3v) is 10.0. The fourth-order valence-electron chi connectivity index (χ4n) is 7.07. The van der Waals surface area contributed by atoms with Crippen molar-refractivity contribution in [2.45, 2.75) is 27.1 Å². The molecular formula is C49H44N4O3. The molecular weight excluding hydrogens is 693 g/mol. The van der Waals surface area contributed by atoms with Crippen LogP contribution in [0, 0.1) is 13.8 Å². The minimum Gasteiger partial charge on any atom is -0.392 e. The van der Waals surface area contributed by atoms with Crippen LogP contribution in [0.15, 0.2) is 158 Å². The van der Waals surface area contributed by atoms with Crippen LogP contribution in [0.3, 0.4) is 0 Å². The summed E-state index contributed by atoms with van der Waals surface area (Å²) in [6.07, 6.45) is 8.40. The molecule has 0 spiro atoms. The molecule has 0 amide bonds. The smallest absolute Gasteiger partial charge is 0.137 e. The summed E-state index contributed by atoms with van der Waals surface area (Å²) in [4.78, 5) is 9.60. The molecule has 0 bridgehead atoms. The number of pyridine rings is 2. The zero-order valence-corrected chi connectivity index (χ0v) is 31.9. The lowest BCUT2D eigenvalue weighted by Crippen LogP contribution is -2.01. The number of benzene rings is 5. The number of hydrogen-bond donors (Lipinski definition) is 1. The summed E-state index contributed by atoms with van der Waals surface area (Å²) in [7, 11) is 1.68. The molecule has 0 saturated carbocycles. The van der Waals surface area contributed by atoms with Crippen LogP contribution in [0.2, 0.25) is 0 Å². The molecule has 0 aliphatic rings. The van der Waals surface area contributed by atoms with Gasteiger partial charge in [0, 0.05) is 43.0 Å². The van der Waals surface area contributed by atoms with E-state index in [4.69, 9.17) is 19.4 Å². The summed E-state index contributed by atoms with van der Waals surface area (Å²) in [5.41, 5.74) is 15.2. The van der Waals surface area contributed by atoms with Crippen LogP contribution in [0.1, 0.15) is 22.3 Å². The quantitative estimate of drug-likeness (QED) is 0.142. The Bertz CT molecular complexity index is 2780. The molecule has 9 aromatic rings. The van der Waals surface area contributed by atoms with Crippen LogP contribution in [0.5, 0.6) is 0 Å². The van der Waals surface area contributed by atoms with Gasteiger partial charge in [0.15, 0.2) is 0 Å². The highest BCUT2D eigenvalue weighted by Gasteiger charge is 2.10. The number of aryl methyl sites for hydroxylation is 2. The van der Waals surface area contributed by atoms with Crippen molar-refractivity contribution in [2.24, 2.45) is 0 Å². The Morgan fingerprint density at radius 2 is 1.18 bits per heavy atom. The van der Waals surface area contributed by atoms with Crippen LogP contribution in [0.4, 0.5) is 0 Å². The van der Waals surface area contributed by atoms with Gasteiger partial charge in [-0.1, -0.05) is 96.6 Å². The fourth-order valence-corrected chi connectivity index (χ4v) is 7.07. The molecule has 4 heterocycles. The third kappa shape index (κ3) is 8.16. The van der Waals surface area contributed by atoms with Gasteiger partial charge in [-0.25, -0.2) is 9.97 Å². The van der Waals surface area contributed by atoms with Crippen molar-refractivity contribution in [3.63, 3.8) is 0 Å². The molecule has 9 rings (SSSR count). The maximum atomic E-state index is 9.34. The maximum Gasteiger partial charge on any atom is 0.137 e. The molecule has 0 saturated heterocycles. The van der Waals surface area contributed by atoms with Gasteiger partial charge in [-0.2, -0.15) is 0 Å². The highest BCUT2D eigenvalue weighted by molar-refractivity contribution is 5.87. The summed E-state index contributed by atoms with van der Waals surface area (Å²) < 4.78 is 14.9. The van der Waals surface area contributed by atoms with E-state index in [1.54, 1.807) is 7.11 Å². The van der Waals surface area contributed by atoms with Gasteiger partial charge < -0.3 is 23.4 Å². The van der Waals surface area contributed by atoms with Gasteiger partial charge in [0.1, 0.15) is 11.3 Å². The van der Waals surface area contributed by atoms with E-state index in [9.17, 15) is 5.11 Å². The van der Waals surface area contributed by atoms with Crippen LogP contribution < -0.4 is 0 Å². The minimum absolute atomic E-state index is 0.0536. The second-order valence-electron chi connectivity index (χ2n) is 14.1. The summed E-state index contributed by atoms with van der Waals surface area (Å²) in [5, 5.41) is 11.8. The first-order valence-corrected chi connectivity index (χ1v) is 18.8. The van der Waals surface area contributed by atoms with E-state index >= 15 is 0 Å². The maximum absolute atomic E-state index is 9.34. The number of fused-ring (bicyclic) bond motifs is 3. The normalized spacial score (nSPS) is 11.3. The first-order valence-electron chi connectivity index (χ1n) is 18.8. The van der Waals surface area contributed by atoms with Crippen molar-refractivity contribution >= 4 is 22.1 Å². The number of hydrogen-bond acceptors (Lipinski definition) is 5. The summed E-state index contributed by atoms with van der Waals surface area (Å²) in [6.45, 7) is 6.07. The summed E-state index contributed by atoms with van der Waals surface area (Å²) in [5.74, 6) is 0. The Kier molecular flexibility index (Phi) is 10.8. The summed E-state index contributed by atoms with van der Waals surface area (Å²) >= 11 is 0. The lowest BCUT2D eigenvalue weighted by molar-refractivity contribution is 0.0617. The molecule has 5 aromatic carbocycles. The van der Waals surface area contributed by atoms with Crippen molar-refractivity contribution in [1.29, 1.82) is 0 Å². The molecule has 4 aromatic heterocycles. The molecule has 0 radical (unpaired) electrons. The van der Waals surface area contributed by atoms with Crippen LogP contribution in [-0.4, -0.2) is 44.2 Å². The number of imidazole rings is 2. The highest BCUT2D eigenvalue weighted by atomic mass is 16.5. The largest absolute Gasteiger partial charge is 0.392 e. The summed E-state index contributed by atoms with van der Waals surface area (Å²) in [6, 6.07) is 46.1. The van der Waals surface area contributed by atoms with Crippen molar-refractivity contribution in [1.82, 2.24) is 18.8 Å². The van der Waals surface area contributed by atoms with Crippen LogP contribution >= 0.6 is 0 Å². The van der Waals surface area contributed by atoms with Crippen molar-refractivity contribution in [3.8, 4) is 44.8 Å². The topological polar surface area (TPSA) is 73.3 Å². The first-order chi connectivity index (χ1) is 27.4. The van der Waals surface area contributed by atoms with E-state index in [0.29, 0.717) is 19.8 Å². The van der Waals surface area contributed by atoms with Crippen LogP contribution in [0.25, 0.3) is 66.8 Å². The fraction of sp³-hybridized carbons (Fsp3) is 0.143.